The molecule has 1 aliphatic rings. The molecule has 1 N–H and O–H groups in total. The molecule has 1 amide bonds. The molecule has 1 saturated heterocycles. The fraction of sp³-hybridized carbons (Fsp3) is 0.529. The lowest BCUT2D eigenvalue weighted by Gasteiger charge is -2.23. The van der Waals surface area contributed by atoms with Crippen molar-refractivity contribution in [2.75, 3.05) is 19.7 Å². The molecule has 0 unspecified atom stereocenters. The number of carbonyl (C=O) groups excluding carboxylic acids is 1. The van der Waals surface area contributed by atoms with Crippen LogP contribution in [0.5, 0.6) is 5.75 Å². The summed E-state index contributed by atoms with van der Waals surface area (Å²) in [4.78, 5) is 14.0. The standard InChI is InChI=1S/C17H23ClN2O2S/c18-14-7-9-15(10-8-14)22-13-5-6-16(21)19-17(23)20-11-3-1-2-4-12-20/h7-10H,1-6,11-13H2,(H,19,21,23). The van der Waals surface area contributed by atoms with Crippen LogP contribution in [0, 0.1) is 0 Å². The third-order valence-corrected chi connectivity index (χ3v) is 4.38. The molecule has 1 aromatic carbocycles. The Morgan fingerprint density at radius 2 is 1.83 bits per heavy atom. The van der Waals surface area contributed by atoms with Crippen molar-refractivity contribution < 1.29 is 9.53 Å². The summed E-state index contributed by atoms with van der Waals surface area (Å²) in [6.45, 7) is 2.38. The molecule has 0 atom stereocenters. The number of nitrogens with zero attached hydrogens (tertiary/aromatic N) is 1. The lowest BCUT2D eigenvalue weighted by Crippen LogP contribution is -2.43. The molecular weight excluding hydrogens is 332 g/mol. The van der Waals surface area contributed by atoms with Gasteiger partial charge in [-0.25, -0.2) is 0 Å². The number of hydrogen-bond donors (Lipinski definition) is 1. The Labute approximate surface area is 148 Å². The lowest BCUT2D eigenvalue weighted by atomic mass is 10.2. The minimum absolute atomic E-state index is 0.0426. The van der Waals surface area contributed by atoms with Crippen molar-refractivity contribution in [3.63, 3.8) is 0 Å². The zero-order valence-electron chi connectivity index (χ0n) is 13.2. The number of nitrogens with one attached hydrogen (secondary N) is 1. The molecule has 0 spiro atoms. The number of likely N-dealkylation sites (tertiary alicyclic amines) is 1. The second-order valence-electron chi connectivity index (χ2n) is 5.66. The van der Waals surface area contributed by atoms with Crippen molar-refractivity contribution in [3.8, 4) is 5.75 Å². The molecule has 0 aromatic heterocycles. The van der Waals surface area contributed by atoms with Gasteiger partial charge >= 0.3 is 0 Å². The third-order valence-electron chi connectivity index (χ3n) is 3.77. The lowest BCUT2D eigenvalue weighted by molar-refractivity contribution is -0.120. The molecule has 23 heavy (non-hydrogen) atoms. The smallest absolute Gasteiger partial charge is 0.226 e. The summed E-state index contributed by atoms with van der Waals surface area (Å²) in [5.74, 6) is 0.717. The average molecular weight is 355 g/mol. The van der Waals surface area contributed by atoms with Crippen molar-refractivity contribution in [1.82, 2.24) is 10.2 Å². The first-order valence-electron chi connectivity index (χ1n) is 8.12. The fourth-order valence-corrected chi connectivity index (χ4v) is 2.91. The van der Waals surface area contributed by atoms with Crippen molar-refractivity contribution in [1.29, 1.82) is 0 Å². The van der Waals surface area contributed by atoms with Crippen LogP contribution in [-0.4, -0.2) is 35.6 Å². The van der Waals surface area contributed by atoms with Crippen LogP contribution in [0.4, 0.5) is 0 Å². The SMILES string of the molecule is O=C(CCCOc1ccc(Cl)cc1)NC(=S)N1CCCCCC1. The Balaban J connectivity index is 1.62. The summed E-state index contributed by atoms with van der Waals surface area (Å²) < 4.78 is 5.57. The first-order chi connectivity index (χ1) is 11.1. The predicted octanol–water partition coefficient (Wildman–Crippen LogP) is 3.78. The van der Waals surface area contributed by atoms with E-state index in [-0.39, 0.29) is 5.91 Å². The Morgan fingerprint density at radius 1 is 1.17 bits per heavy atom. The zero-order chi connectivity index (χ0) is 16.5. The Hall–Kier alpha value is -1.33. The van der Waals surface area contributed by atoms with Crippen LogP contribution in [0.15, 0.2) is 24.3 Å². The Bertz CT molecular complexity index is 514. The number of carbonyl (C=O) groups is 1. The number of rotatable bonds is 5. The highest BCUT2D eigenvalue weighted by atomic mass is 35.5. The first-order valence-corrected chi connectivity index (χ1v) is 8.91. The average Bonchev–Trinajstić information content (AvgIpc) is 2.82. The molecule has 1 aliphatic heterocycles. The molecule has 0 radical (unpaired) electrons. The highest BCUT2D eigenvalue weighted by Crippen LogP contribution is 2.15. The minimum atomic E-state index is -0.0426. The molecular formula is C17H23ClN2O2S. The molecule has 126 valence electrons. The number of hydrogen-bond acceptors (Lipinski definition) is 3. The van der Waals surface area contributed by atoms with Gasteiger partial charge in [0.25, 0.3) is 0 Å². The van der Waals surface area contributed by atoms with E-state index in [9.17, 15) is 4.79 Å². The Morgan fingerprint density at radius 3 is 2.48 bits per heavy atom. The second kappa shape index (κ2) is 9.73. The van der Waals surface area contributed by atoms with E-state index >= 15 is 0 Å². The van der Waals surface area contributed by atoms with Gasteiger partial charge < -0.3 is 15.0 Å². The topological polar surface area (TPSA) is 41.6 Å². The van der Waals surface area contributed by atoms with Gasteiger partial charge in [-0.15, -0.1) is 0 Å². The van der Waals surface area contributed by atoms with E-state index in [1.165, 1.54) is 12.8 Å². The van der Waals surface area contributed by atoms with Gasteiger partial charge in [0.15, 0.2) is 5.11 Å². The number of benzene rings is 1. The molecule has 0 aliphatic carbocycles. The summed E-state index contributed by atoms with van der Waals surface area (Å²) in [6.07, 6.45) is 5.83. The molecule has 1 aromatic rings. The number of ether oxygens (including phenoxy) is 1. The monoisotopic (exact) mass is 354 g/mol. The first kappa shape index (κ1) is 18.0. The largest absolute Gasteiger partial charge is 0.494 e. The van der Waals surface area contributed by atoms with E-state index in [0.29, 0.717) is 29.6 Å². The van der Waals surface area contributed by atoms with Gasteiger partial charge in [0, 0.05) is 24.5 Å². The van der Waals surface area contributed by atoms with E-state index < -0.39 is 0 Å². The predicted molar refractivity (Wildman–Crippen MR) is 97.0 cm³/mol. The van der Waals surface area contributed by atoms with Crippen LogP contribution in [-0.2, 0) is 4.79 Å². The van der Waals surface area contributed by atoms with Gasteiger partial charge in [-0.2, -0.15) is 0 Å². The Kier molecular flexibility index (Phi) is 7.62. The van der Waals surface area contributed by atoms with Gasteiger partial charge in [0.2, 0.25) is 5.91 Å². The van der Waals surface area contributed by atoms with Crippen molar-refractivity contribution in [2.45, 2.75) is 38.5 Å². The maximum absolute atomic E-state index is 11.9. The molecule has 0 saturated carbocycles. The van der Waals surface area contributed by atoms with Crippen molar-refractivity contribution in [2.24, 2.45) is 0 Å². The molecule has 6 heteroatoms. The summed E-state index contributed by atoms with van der Waals surface area (Å²) in [7, 11) is 0. The molecule has 1 heterocycles. The minimum Gasteiger partial charge on any atom is -0.494 e. The van der Waals surface area contributed by atoms with Crippen molar-refractivity contribution in [3.05, 3.63) is 29.3 Å². The molecule has 2 rings (SSSR count). The van der Waals surface area contributed by atoms with Gasteiger partial charge in [-0.05, 0) is 55.7 Å². The van der Waals surface area contributed by atoms with Gasteiger partial charge in [-0.1, -0.05) is 24.4 Å². The summed E-state index contributed by atoms with van der Waals surface area (Å²) in [6, 6.07) is 7.19. The molecule has 4 nitrogen and oxygen atoms in total. The van der Waals surface area contributed by atoms with Gasteiger partial charge in [-0.3, -0.25) is 4.79 Å². The van der Waals surface area contributed by atoms with Crippen LogP contribution in [0.3, 0.4) is 0 Å². The number of amides is 1. The number of thiocarbonyl (C=S) groups is 1. The highest BCUT2D eigenvalue weighted by molar-refractivity contribution is 7.80. The van der Waals surface area contributed by atoms with E-state index in [0.717, 1.165) is 31.7 Å². The maximum atomic E-state index is 11.9. The maximum Gasteiger partial charge on any atom is 0.226 e. The quantitative estimate of drug-likeness (QED) is 0.645. The normalized spacial score (nSPS) is 14.9. The van der Waals surface area contributed by atoms with E-state index in [4.69, 9.17) is 28.6 Å². The van der Waals surface area contributed by atoms with Crippen LogP contribution in [0.25, 0.3) is 0 Å². The summed E-state index contributed by atoms with van der Waals surface area (Å²) in [5.41, 5.74) is 0. The summed E-state index contributed by atoms with van der Waals surface area (Å²) >= 11 is 11.1. The third kappa shape index (κ3) is 6.75. The zero-order valence-corrected chi connectivity index (χ0v) is 14.8. The van der Waals surface area contributed by atoms with E-state index in [1.807, 2.05) is 12.1 Å². The number of halogens is 1. The molecule has 0 bridgehead atoms. The fourth-order valence-electron chi connectivity index (χ4n) is 2.49. The molecule has 1 fully saturated rings. The van der Waals surface area contributed by atoms with Gasteiger partial charge in [0.1, 0.15) is 5.75 Å². The second-order valence-corrected chi connectivity index (χ2v) is 6.48. The van der Waals surface area contributed by atoms with Gasteiger partial charge in [0.05, 0.1) is 6.61 Å². The van der Waals surface area contributed by atoms with Crippen LogP contribution in [0.1, 0.15) is 38.5 Å². The van der Waals surface area contributed by atoms with Crippen LogP contribution in [0.2, 0.25) is 5.02 Å². The van der Waals surface area contributed by atoms with Crippen LogP contribution >= 0.6 is 23.8 Å². The van der Waals surface area contributed by atoms with Crippen molar-refractivity contribution >= 4 is 34.8 Å². The van der Waals surface area contributed by atoms with E-state index in [1.54, 1.807) is 12.1 Å². The summed E-state index contributed by atoms with van der Waals surface area (Å²) in [5, 5.41) is 4.07. The highest BCUT2D eigenvalue weighted by Gasteiger charge is 2.14. The van der Waals surface area contributed by atoms with Crippen LogP contribution < -0.4 is 10.1 Å². The van der Waals surface area contributed by atoms with E-state index in [2.05, 4.69) is 10.2 Å².